The van der Waals surface area contributed by atoms with Gasteiger partial charge in [0, 0.05) is 9.75 Å². The molecule has 2 atom stereocenters. The fraction of sp³-hybridized carbons (Fsp3) is 0.312. The number of fused-ring (bicyclic) bond motifs is 1. The van der Waals surface area contributed by atoms with Crippen molar-refractivity contribution in [3.63, 3.8) is 0 Å². The summed E-state index contributed by atoms with van der Waals surface area (Å²) in [7, 11) is 0. The zero-order valence-corrected chi connectivity index (χ0v) is 13.7. The summed E-state index contributed by atoms with van der Waals surface area (Å²) in [6, 6.07) is 8.95. The summed E-state index contributed by atoms with van der Waals surface area (Å²) in [5.74, 6) is 0.516. The molecule has 3 rings (SSSR count). The Morgan fingerprint density at radius 1 is 1.24 bits per heavy atom. The van der Waals surface area contributed by atoms with Crippen LogP contribution in [0.3, 0.4) is 0 Å². The number of aryl methyl sites for hydroxylation is 1. The summed E-state index contributed by atoms with van der Waals surface area (Å²) in [4.78, 5) is 7.05. The van der Waals surface area contributed by atoms with Crippen molar-refractivity contribution in [3.05, 3.63) is 51.7 Å². The Kier molecular flexibility index (Phi) is 3.76. The summed E-state index contributed by atoms with van der Waals surface area (Å²) in [6.07, 6.45) is 0. The fourth-order valence-electron chi connectivity index (χ4n) is 2.58. The Balaban J connectivity index is 2.23. The summed E-state index contributed by atoms with van der Waals surface area (Å²) < 4.78 is 15.7. The van der Waals surface area contributed by atoms with Crippen LogP contribution in [0.25, 0.3) is 11.0 Å². The molecular weight excluding hydrogens is 307 g/mol. The molecule has 0 saturated heterocycles. The number of hydrogen-bond acceptors (Lipinski definition) is 2. The van der Waals surface area contributed by atoms with E-state index in [-0.39, 0.29) is 17.2 Å². The maximum Gasteiger partial charge on any atom is 0.128 e. The van der Waals surface area contributed by atoms with Crippen molar-refractivity contribution in [2.24, 2.45) is 0 Å². The van der Waals surface area contributed by atoms with Gasteiger partial charge in [0.25, 0.3) is 0 Å². The molecule has 5 heteroatoms. The molecular formula is C16H16ClFN2S. The van der Waals surface area contributed by atoms with Crippen LogP contribution >= 0.6 is 22.9 Å². The highest BCUT2D eigenvalue weighted by atomic mass is 35.5. The van der Waals surface area contributed by atoms with Crippen molar-refractivity contribution < 1.29 is 4.39 Å². The lowest BCUT2D eigenvalue weighted by atomic mass is 10.2. The maximum atomic E-state index is 13.6. The lowest BCUT2D eigenvalue weighted by molar-refractivity contribution is 0.615. The Bertz CT molecular complexity index is 791. The molecule has 21 heavy (non-hydrogen) atoms. The van der Waals surface area contributed by atoms with Crippen molar-refractivity contribution >= 4 is 34.0 Å². The summed E-state index contributed by atoms with van der Waals surface area (Å²) in [6.45, 7) is 6.07. The molecule has 2 nitrogen and oxygen atoms in total. The smallest absolute Gasteiger partial charge is 0.128 e. The molecule has 0 radical (unpaired) electrons. The quantitative estimate of drug-likeness (QED) is 0.586. The van der Waals surface area contributed by atoms with E-state index in [2.05, 4.69) is 31.0 Å². The number of nitrogens with zero attached hydrogens (tertiary/aromatic N) is 2. The van der Waals surface area contributed by atoms with Crippen molar-refractivity contribution in [1.29, 1.82) is 0 Å². The van der Waals surface area contributed by atoms with Crippen molar-refractivity contribution in [2.75, 3.05) is 0 Å². The lowest BCUT2D eigenvalue weighted by Gasteiger charge is -2.17. The lowest BCUT2D eigenvalue weighted by Crippen LogP contribution is -2.10. The molecule has 2 unspecified atom stereocenters. The number of halogens is 2. The highest BCUT2D eigenvalue weighted by Crippen LogP contribution is 2.33. The molecule has 0 spiro atoms. The molecule has 0 amide bonds. The van der Waals surface area contributed by atoms with Crippen LogP contribution in [-0.2, 0) is 0 Å². The first-order valence-corrected chi connectivity index (χ1v) is 8.10. The monoisotopic (exact) mass is 322 g/mol. The third kappa shape index (κ3) is 2.58. The van der Waals surface area contributed by atoms with Gasteiger partial charge in [-0.2, -0.15) is 0 Å². The minimum absolute atomic E-state index is 0.0756. The second-order valence-corrected chi connectivity index (χ2v) is 7.19. The van der Waals surface area contributed by atoms with Crippen LogP contribution in [-0.4, -0.2) is 9.55 Å². The summed E-state index contributed by atoms with van der Waals surface area (Å²) >= 11 is 8.02. The van der Waals surface area contributed by atoms with Crippen LogP contribution in [0.4, 0.5) is 4.39 Å². The molecule has 2 aromatic heterocycles. The number of benzene rings is 1. The van der Waals surface area contributed by atoms with E-state index in [0.29, 0.717) is 0 Å². The molecule has 0 aliphatic rings. The van der Waals surface area contributed by atoms with Gasteiger partial charge in [-0.25, -0.2) is 9.37 Å². The van der Waals surface area contributed by atoms with E-state index in [9.17, 15) is 4.39 Å². The van der Waals surface area contributed by atoms with Crippen molar-refractivity contribution in [2.45, 2.75) is 32.2 Å². The number of thiophene rings is 1. The average molecular weight is 323 g/mol. The fourth-order valence-corrected chi connectivity index (χ4v) is 3.65. The Morgan fingerprint density at radius 2 is 2.00 bits per heavy atom. The molecule has 2 heterocycles. The van der Waals surface area contributed by atoms with Gasteiger partial charge in [-0.05, 0) is 51.1 Å². The third-order valence-electron chi connectivity index (χ3n) is 3.59. The number of hydrogen-bond donors (Lipinski definition) is 0. The SMILES string of the molecule is Cc1ccc(C(C)n2c(C(C)Cl)nc3ccc(F)cc32)s1. The first-order valence-electron chi connectivity index (χ1n) is 6.85. The normalized spacial score (nSPS) is 14.5. The van der Waals surface area contributed by atoms with E-state index in [1.165, 1.54) is 21.9 Å². The Morgan fingerprint density at radius 3 is 2.62 bits per heavy atom. The van der Waals surface area contributed by atoms with E-state index >= 15 is 0 Å². The van der Waals surface area contributed by atoms with E-state index in [4.69, 9.17) is 11.6 Å². The van der Waals surface area contributed by atoms with Gasteiger partial charge in [0.05, 0.1) is 22.5 Å². The Labute approximate surface area is 132 Å². The molecule has 0 bridgehead atoms. The molecule has 0 aliphatic carbocycles. The first kappa shape index (κ1) is 14.5. The number of rotatable bonds is 3. The van der Waals surface area contributed by atoms with E-state index in [1.807, 2.05) is 11.5 Å². The third-order valence-corrected chi connectivity index (χ3v) is 4.96. The zero-order chi connectivity index (χ0) is 15.1. The number of alkyl halides is 1. The molecule has 0 aliphatic heterocycles. The van der Waals surface area contributed by atoms with Gasteiger partial charge in [0.1, 0.15) is 11.6 Å². The van der Waals surface area contributed by atoms with Gasteiger partial charge in [-0.1, -0.05) is 0 Å². The molecule has 0 N–H and O–H groups in total. The zero-order valence-electron chi connectivity index (χ0n) is 12.1. The van der Waals surface area contributed by atoms with Crippen LogP contribution in [0.2, 0.25) is 0 Å². The highest BCUT2D eigenvalue weighted by Gasteiger charge is 2.21. The second kappa shape index (κ2) is 5.43. The maximum absolute atomic E-state index is 13.6. The minimum Gasteiger partial charge on any atom is -0.318 e. The van der Waals surface area contributed by atoms with E-state index in [0.717, 1.165) is 16.9 Å². The second-order valence-electron chi connectivity index (χ2n) is 5.21. The average Bonchev–Trinajstić information content (AvgIpc) is 3.01. The summed E-state index contributed by atoms with van der Waals surface area (Å²) in [5.41, 5.74) is 1.56. The van der Waals surface area contributed by atoms with Crippen LogP contribution in [0.1, 0.15) is 40.8 Å². The van der Waals surface area contributed by atoms with Crippen molar-refractivity contribution in [1.82, 2.24) is 9.55 Å². The van der Waals surface area contributed by atoms with Gasteiger partial charge < -0.3 is 4.57 Å². The minimum atomic E-state index is -0.257. The van der Waals surface area contributed by atoms with Gasteiger partial charge in [-0.3, -0.25) is 0 Å². The van der Waals surface area contributed by atoms with Crippen LogP contribution < -0.4 is 0 Å². The molecule has 3 aromatic rings. The van der Waals surface area contributed by atoms with Gasteiger partial charge >= 0.3 is 0 Å². The molecule has 0 fully saturated rings. The van der Waals surface area contributed by atoms with E-state index < -0.39 is 0 Å². The predicted molar refractivity (Wildman–Crippen MR) is 86.8 cm³/mol. The van der Waals surface area contributed by atoms with Crippen LogP contribution in [0.15, 0.2) is 30.3 Å². The first-order chi connectivity index (χ1) is 9.97. The van der Waals surface area contributed by atoms with Gasteiger partial charge in [0.2, 0.25) is 0 Å². The predicted octanol–water partition coefficient (Wildman–Crippen LogP) is 5.45. The van der Waals surface area contributed by atoms with Crippen LogP contribution in [0, 0.1) is 12.7 Å². The Hall–Kier alpha value is -1.39. The number of aromatic nitrogens is 2. The topological polar surface area (TPSA) is 17.8 Å². The summed E-state index contributed by atoms with van der Waals surface area (Å²) in [5, 5.41) is -0.232. The van der Waals surface area contributed by atoms with E-state index in [1.54, 1.807) is 17.4 Å². The highest BCUT2D eigenvalue weighted by molar-refractivity contribution is 7.12. The molecule has 1 aromatic carbocycles. The molecule has 0 saturated carbocycles. The van der Waals surface area contributed by atoms with Crippen LogP contribution in [0.5, 0.6) is 0 Å². The largest absolute Gasteiger partial charge is 0.318 e. The number of imidazole rings is 1. The van der Waals surface area contributed by atoms with Gasteiger partial charge in [0.15, 0.2) is 0 Å². The standard InChI is InChI=1S/C16H16ClFN2S/c1-9-4-7-15(21-9)11(3)20-14-8-12(18)5-6-13(14)19-16(20)10(2)17/h4-8,10-11H,1-3H3. The van der Waals surface area contributed by atoms with Gasteiger partial charge in [-0.15, -0.1) is 22.9 Å². The van der Waals surface area contributed by atoms with Crippen molar-refractivity contribution in [3.8, 4) is 0 Å². The molecule has 110 valence electrons.